The van der Waals surface area contributed by atoms with E-state index in [2.05, 4.69) is 32.3 Å². The van der Waals surface area contributed by atoms with Gasteiger partial charge in [-0.05, 0) is 48.0 Å². The van der Waals surface area contributed by atoms with Gasteiger partial charge in [-0.2, -0.15) is 10.4 Å². The number of ether oxygens (including phenoxy) is 1. The minimum atomic E-state index is 0.400. The first-order valence-corrected chi connectivity index (χ1v) is 9.41. The summed E-state index contributed by atoms with van der Waals surface area (Å²) in [6.45, 7) is 0.588. The summed E-state index contributed by atoms with van der Waals surface area (Å²) in [7, 11) is 0. The van der Waals surface area contributed by atoms with Crippen LogP contribution in [0, 0.1) is 11.3 Å². The standard InChI is InChI=1S/C23H17N5O/c24-13-18-5-4-15(14-26-18)22-21-12-16-11-19(6-7-20(16)23(21)28-27-22)29-10-8-17-3-1-2-9-25-17/h1-7,9,11,14H,8,10,12H2,(H,27,28). The van der Waals surface area contributed by atoms with Crippen molar-refractivity contribution in [3.63, 3.8) is 0 Å². The molecule has 29 heavy (non-hydrogen) atoms. The second kappa shape index (κ2) is 7.21. The molecule has 0 unspecified atom stereocenters. The highest BCUT2D eigenvalue weighted by Crippen LogP contribution is 2.41. The number of nitriles is 1. The number of aromatic nitrogens is 4. The van der Waals surface area contributed by atoms with Crippen LogP contribution in [0.4, 0.5) is 0 Å². The van der Waals surface area contributed by atoms with Gasteiger partial charge < -0.3 is 4.74 Å². The Morgan fingerprint density at radius 1 is 1.10 bits per heavy atom. The highest BCUT2D eigenvalue weighted by Gasteiger charge is 2.25. The van der Waals surface area contributed by atoms with E-state index in [9.17, 15) is 0 Å². The van der Waals surface area contributed by atoms with Crippen molar-refractivity contribution < 1.29 is 4.74 Å². The lowest BCUT2D eigenvalue weighted by atomic mass is 10.1. The van der Waals surface area contributed by atoms with Crippen LogP contribution in [0.2, 0.25) is 0 Å². The molecule has 1 aliphatic carbocycles. The average Bonchev–Trinajstić information content (AvgIpc) is 3.33. The molecule has 0 saturated heterocycles. The van der Waals surface area contributed by atoms with Gasteiger partial charge in [0.25, 0.3) is 0 Å². The first kappa shape index (κ1) is 17.1. The molecule has 0 fully saturated rings. The fourth-order valence-electron chi connectivity index (χ4n) is 3.66. The van der Waals surface area contributed by atoms with E-state index in [0.717, 1.165) is 52.4 Å². The Balaban J connectivity index is 1.33. The van der Waals surface area contributed by atoms with Crippen LogP contribution in [-0.2, 0) is 12.8 Å². The van der Waals surface area contributed by atoms with Crippen molar-refractivity contribution in [2.45, 2.75) is 12.8 Å². The topological polar surface area (TPSA) is 87.5 Å². The minimum absolute atomic E-state index is 0.400. The van der Waals surface area contributed by atoms with E-state index < -0.39 is 0 Å². The largest absolute Gasteiger partial charge is 0.493 e. The number of nitrogens with one attached hydrogen (secondary N) is 1. The third-order valence-electron chi connectivity index (χ3n) is 5.08. The fourth-order valence-corrected chi connectivity index (χ4v) is 3.66. The van der Waals surface area contributed by atoms with Crippen LogP contribution in [0.15, 0.2) is 60.9 Å². The lowest BCUT2D eigenvalue weighted by molar-refractivity contribution is 0.320. The molecule has 3 aromatic heterocycles. The number of pyridine rings is 2. The van der Waals surface area contributed by atoms with Gasteiger partial charge in [0, 0.05) is 47.6 Å². The van der Waals surface area contributed by atoms with Gasteiger partial charge in [0.2, 0.25) is 0 Å². The number of rotatable bonds is 5. The molecule has 1 aliphatic rings. The van der Waals surface area contributed by atoms with Gasteiger partial charge in [0.15, 0.2) is 0 Å². The van der Waals surface area contributed by atoms with Gasteiger partial charge in [0.1, 0.15) is 17.5 Å². The van der Waals surface area contributed by atoms with Crippen LogP contribution in [0.5, 0.6) is 5.75 Å². The molecule has 0 saturated carbocycles. The summed E-state index contributed by atoms with van der Waals surface area (Å²) in [6, 6.07) is 17.7. The molecular formula is C23H17N5O. The van der Waals surface area contributed by atoms with Crippen molar-refractivity contribution in [3.05, 3.63) is 83.4 Å². The van der Waals surface area contributed by atoms with Crippen molar-refractivity contribution in [3.8, 4) is 34.3 Å². The van der Waals surface area contributed by atoms with Crippen LogP contribution in [-0.4, -0.2) is 26.8 Å². The maximum Gasteiger partial charge on any atom is 0.140 e. The van der Waals surface area contributed by atoms with E-state index in [4.69, 9.17) is 10.00 Å². The van der Waals surface area contributed by atoms with Crippen molar-refractivity contribution in [1.29, 1.82) is 5.26 Å². The molecule has 140 valence electrons. The summed E-state index contributed by atoms with van der Waals surface area (Å²) in [5, 5.41) is 16.6. The first-order valence-electron chi connectivity index (χ1n) is 9.41. The Bertz CT molecular complexity index is 1210. The predicted molar refractivity (Wildman–Crippen MR) is 108 cm³/mol. The van der Waals surface area contributed by atoms with Crippen LogP contribution in [0.1, 0.15) is 22.5 Å². The monoisotopic (exact) mass is 379 g/mol. The zero-order valence-electron chi connectivity index (χ0n) is 15.6. The Hall–Kier alpha value is -3.98. The number of nitrogens with zero attached hydrogens (tertiary/aromatic N) is 4. The van der Waals surface area contributed by atoms with Crippen LogP contribution < -0.4 is 4.74 Å². The quantitative estimate of drug-likeness (QED) is 0.500. The first-order chi connectivity index (χ1) is 14.3. The van der Waals surface area contributed by atoms with E-state index in [1.807, 2.05) is 36.4 Å². The summed E-state index contributed by atoms with van der Waals surface area (Å²) in [5.41, 5.74) is 7.76. The van der Waals surface area contributed by atoms with E-state index in [1.165, 1.54) is 5.56 Å². The molecule has 1 N–H and O–H groups in total. The van der Waals surface area contributed by atoms with Gasteiger partial charge >= 0.3 is 0 Å². The number of benzene rings is 1. The summed E-state index contributed by atoms with van der Waals surface area (Å²) in [4.78, 5) is 8.48. The van der Waals surface area contributed by atoms with E-state index >= 15 is 0 Å². The normalized spacial score (nSPS) is 11.6. The van der Waals surface area contributed by atoms with E-state index in [1.54, 1.807) is 18.5 Å². The van der Waals surface area contributed by atoms with Gasteiger partial charge in [0.05, 0.1) is 18.0 Å². The average molecular weight is 379 g/mol. The lowest BCUT2D eigenvalue weighted by Gasteiger charge is -2.08. The summed E-state index contributed by atoms with van der Waals surface area (Å²) in [6.07, 6.45) is 5.06. The molecule has 0 aliphatic heterocycles. The van der Waals surface area contributed by atoms with E-state index in [0.29, 0.717) is 12.3 Å². The number of aromatic amines is 1. The van der Waals surface area contributed by atoms with Gasteiger partial charge in [-0.15, -0.1) is 0 Å². The van der Waals surface area contributed by atoms with Crippen LogP contribution in [0.3, 0.4) is 0 Å². The van der Waals surface area contributed by atoms with Crippen LogP contribution >= 0.6 is 0 Å². The summed E-state index contributed by atoms with van der Waals surface area (Å²) >= 11 is 0. The minimum Gasteiger partial charge on any atom is -0.493 e. The highest BCUT2D eigenvalue weighted by molar-refractivity contribution is 5.81. The lowest BCUT2D eigenvalue weighted by Crippen LogP contribution is -2.03. The Morgan fingerprint density at radius 2 is 2.07 bits per heavy atom. The summed E-state index contributed by atoms with van der Waals surface area (Å²) in [5.74, 6) is 0.861. The van der Waals surface area contributed by atoms with Crippen LogP contribution in [0.25, 0.3) is 22.5 Å². The van der Waals surface area contributed by atoms with Crippen molar-refractivity contribution in [2.24, 2.45) is 0 Å². The van der Waals surface area contributed by atoms with Gasteiger partial charge in [-0.3, -0.25) is 10.1 Å². The number of hydrogen-bond donors (Lipinski definition) is 1. The van der Waals surface area contributed by atoms with Crippen molar-refractivity contribution >= 4 is 0 Å². The third kappa shape index (κ3) is 3.23. The van der Waals surface area contributed by atoms with Crippen molar-refractivity contribution in [2.75, 3.05) is 6.61 Å². The zero-order valence-corrected chi connectivity index (χ0v) is 15.6. The Labute approximate surface area is 167 Å². The third-order valence-corrected chi connectivity index (χ3v) is 5.08. The predicted octanol–water partition coefficient (Wildman–Crippen LogP) is 3.93. The second-order valence-electron chi connectivity index (χ2n) is 6.88. The SMILES string of the molecule is N#Cc1ccc(-c2n[nH]c3c2Cc2cc(OCCc4ccccn4)ccc2-3)cn1. The molecule has 0 radical (unpaired) electrons. The highest BCUT2D eigenvalue weighted by atomic mass is 16.5. The van der Waals surface area contributed by atoms with Gasteiger partial charge in [-0.25, -0.2) is 4.98 Å². The molecule has 0 spiro atoms. The molecule has 4 aromatic rings. The molecular weight excluding hydrogens is 362 g/mol. The molecule has 6 heteroatoms. The number of fused-ring (bicyclic) bond motifs is 3. The molecule has 0 amide bonds. The molecule has 5 rings (SSSR count). The Morgan fingerprint density at radius 3 is 2.86 bits per heavy atom. The molecule has 1 aromatic carbocycles. The fraction of sp³-hybridized carbons (Fsp3) is 0.130. The maximum atomic E-state index is 8.93. The number of hydrogen-bond acceptors (Lipinski definition) is 5. The molecule has 6 nitrogen and oxygen atoms in total. The van der Waals surface area contributed by atoms with Crippen molar-refractivity contribution in [1.82, 2.24) is 20.2 Å². The number of H-pyrrole nitrogens is 1. The second-order valence-corrected chi connectivity index (χ2v) is 6.88. The molecule has 0 atom stereocenters. The smallest absolute Gasteiger partial charge is 0.140 e. The van der Waals surface area contributed by atoms with E-state index in [-0.39, 0.29) is 0 Å². The molecule has 3 heterocycles. The summed E-state index contributed by atoms with van der Waals surface area (Å²) < 4.78 is 5.94. The molecule has 0 bridgehead atoms. The maximum absolute atomic E-state index is 8.93. The Kier molecular flexibility index (Phi) is 4.26. The zero-order chi connectivity index (χ0) is 19.6. The van der Waals surface area contributed by atoms with Gasteiger partial charge in [-0.1, -0.05) is 6.07 Å².